The first kappa shape index (κ1) is 14.0. The fourth-order valence-corrected chi connectivity index (χ4v) is 1.66. The van der Waals surface area contributed by atoms with Gasteiger partial charge in [0.1, 0.15) is 5.56 Å². The van der Waals surface area contributed by atoms with E-state index in [1.54, 1.807) is 6.92 Å². The number of nitro groups is 1. The van der Waals surface area contributed by atoms with Crippen molar-refractivity contribution in [3.05, 3.63) is 33.9 Å². The number of hydrogen-bond acceptors (Lipinski definition) is 4. The van der Waals surface area contributed by atoms with Gasteiger partial charge in [0.2, 0.25) is 0 Å². The fraction of sp³-hybridized carbons (Fsp3) is 0.417. The van der Waals surface area contributed by atoms with Crippen molar-refractivity contribution in [1.29, 1.82) is 0 Å². The van der Waals surface area contributed by atoms with E-state index >= 15 is 0 Å². The van der Waals surface area contributed by atoms with Gasteiger partial charge in [0.25, 0.3) is 0 Å². The van der Waals surface area contributed by atoms with E-state index in [0.29, 0.717) is 0 Å². The molecule has 6 heteroatoms. The SMILES string of the molecule is CCCC(C)Oc1cccc(C(=O)O)c1[N+](=O)[O-]. The zero-order valence-corrected chi connectivity index (χ0v) is 10.3. The van der Waals surface area contributed by atoms with Gasteiger partial charge in [-0.25, -0.2) is 4.79 Å². The molecule has 0 fully saturated rings. The van der Waals surface area contributed by atoms with Crippen LogP contribution in [0.1, 0.15) is 37.0 Å². The summed E-state index contributed by atoms with van der Waals surface area (Å²) in [6.45, 7) is 3.77. The molecule has 0 aliphatic heterocycles. The average molecular weight is 253 g/mol. The highest BCUT2D eigenvalue weighted by Crippen LogP contribution is 2.31. The molecule has 1 aromatic rings. The molecule has 1 unspecified atom stereocenters. The van der Waals surface area contributed by atoms with E-state index in [1.807, 2.05) is 6.92 Å². The molecule has 0 spiro atoms. The zero-order valence-electron chi connectivity index (χ0n) is 10.3. The summed E-state index contributed by atoms with van der Waals surface area (Å²) in [7, 11) is 0. The van der Waals surface area contributed by atoms with Crippen molar-refractivity contribution >= 4 is 11.7 Å². The minimum Gasteiger partial charge on any atom is -0.484 e. The van der Waals surface area contributed by atoms with E-state index in [0.717, 1.165) is 12.8 Å². The summed E-state index contributed by atoms with van der Waals surface area (Å²) in [6, 6.07) is 4.04. The Morgan fingerprint density at radius 2 is 2.22 bits per heavy atom. The molecule has 1 N–H and O–H groups in total. The third kappa shape index (κ3) is 3.19. The van der Waals surface area contributed by atoms with E-state index in [1.165, 1.54) is 18.2 Å². The Morgan fingerprint density at radius 1 is 1.56 bits per heavy atom. The Bertz CT molecular complexity index is 458. The lowest BCUT2D eigenvalue weighted by atomic mass is 10.1. The molecule has 0 radical (unpaired) electrons. The number of nitro benzene ring substituents is 1. The van der Waals surface area contributed by atoms with Crippen molar-refractivity contribution in [1.82, 2.24) is 0 Å². The van der Waals surface area contributed by atoms with E-state index in [4.69, 9.17) is 9.84 Å². The van der Waals surface area contributed by atoms with Crippen molar-refractivity contribution in [2.45, 2.75) is 32.8 Å². The number of para-hydroxylation sites is 1. The first-order valence-electron chi connectivity index (χ1n) is 5.64. The number of ether oxygens (including phenoxy) is 1. The van der Waals surface area contributed by atoms with Gasteiger partial charge >= 0.3 is 11.7 Å². The molecule has 0 aliphatic carbocycles. The van der Waals surface area contributed by atoms with E-state index in [9.17, 15) is 14.9 Å². The maximum absolute atomic E-state index is 10.9. The van der Waals surface area contributed by atoms with Gasteiger partial charge in [-0.05, 0) is 25.5 Å². The van der Waals surface area contributed by atoms with Crippen molar-refractivity contribution in [3.63, 3.8) is 0 Å². The van der Waals surface area contributed by atoms with Gasteiger partial charge in [-0.2, -0.15) is 0 Å². The molecule has 0 saturated carbocycles. The van der Waals surface area contributed by atoms with Crippen molar-refractivity contribution < 1.29 is 19.6 Å². The molecule has 1 atom stereocenters. The third-order valence-electron chi connectivity index (χ3n) is 2.44. The second-order valence-electron chi connectivity index (χ2n) is 3.93. The molecule has 0 heterocycles. The molecular formula is C12H15NO5. The third-order valence-corrected chi connectivity index (χ3v) is 2.44. The number of nitrogens with zero attached hydrogens (tertiary/aromatic N) is 1. The summed E-state index contributed by atoms with van der Waals surface area (Å²) >= 11 is 0. The molecule has 98 valence electrons. The Morgan fingerprint density at radius 3 is 2.72 bits per heavy atom. The number of benzene rings is 1. The molecule has 0 amide bonds. The lowest BCUT2D eigenvalue weighted by Crippen LogP contribution is -2.13. The van der Waals surface area contributed by atoms with Crippen LogP contribution in [0.25, 0.3) is 0 Å². The van der Waals surface area contributed by atoms with Crippen molar-refractivity contribution in [2.75, 3.05) is 0 Å². The van der Waals surface area contributed by atoms with Gasteiger partial charge in [-0.1, -0.05) is 19.4 Å². The number of aromatic carboxylic acids is 1. The average Bonchev–Trinajstić information content (AvgIpc) is 2.28. The van der Waals surface area contributed by atoms with E-state index in [-0.39, 0.29) is 17.4 Å². The molecule has 6 nitrogen and oxygen atoms in total. The van der Waals surface area contributed by atoms with Crippen LogP contribution >= 0.6 is 0 Å². The quantitative estimate of drug-likeness (QED) is 0.621. The highest BCUT2D eigenvalue weighted by atomic mass is 16.6. The van der Waals surface area contributed by atoms with E-state index < -0.39 is 16.6 Å². The molecule has 0 aliphatic rings. The largest absolute Gasteiger partial charge is 0.484 e. The highest BCUT2D eigenvalue weighted by molar-refractivity contribution is 5.93. The fourth-order valence-electron chi connectivity index (χ4n) is 1.66. The van der Waals surface area contributed by atoms with Gasteiger partial charge < -0.3 is 9.84 Å². The normalized spacial score (nSPS) is 11.9. The van der Waals surface area contributed by atoms with Crippen LogP contribution in [0, 0.1) is 10.1 Å². The molecular weight excluding hydrogens is 238 g/mol. The van der Waals surface area contributed by atoms with Crippen LogP contribution in [-0.2, 0) is 0 Å². The smallest absolute Gasteiger partial charge is 0.342 e. The number of carboxylic acid groups (broad SMARTS) is 1. The summed E-state index contributed by atoms with van der Waals surface area (Å²) in [4.78, 5) is 21.2. The summed E-state index contributed by atoms with van der Waals surface area (Å²) in [5, 5.41) is 19.9. The minimum absolute atomic E-state index is 0.000787. The van der Waals surface area contributed by atoms with Crippen molar-refractivity contribution in [2.24, 2.45) is 0 Å². The van der Waals surface area contributed by atoms with Crippen molar-refractivity contribution in [3.8, 4) is 5.75 Å². The molecule has 1 aromatic carbocycles. The van der Waals surface area contributed by atoms with Gasteiger partial charge in [0.15, 0.2) is 5.75 Å². The second-order valence-corrected chi connectivity index (χ2v) is 3.93. The standard InChI is InChI=1S/C12H15NO5/c1-3-5-8(2)18-10-7-4-6-9(12(14)15)11(10)13(16)17/h4,6-8H,3,5H2,1-2H3,(H,14,15). The Kier molecular flexibility index (Phi) is 4.65. The predicted molar refractivity (Wildman–Crippen MR) is 65.1 cm³/mol. The van der Waals surface area contributed by atoms with Gasteiger partial charge in [-0.3, -0.25) is 10.1 Å². The predicted octanol–water partition coefficient (Wildman–Crippen LogP) is 2.86. The van der Waals surface area contributed by atoms with Crippen LogP contribution in [0.2, 0.25) is 0 Å². The Balaban J connectivity index is 3.15. The lowest BCUT2D eigenvalue weighted by Gasteiger charge is -2.14. The summed E-state index contributed by atoms with van der Waals surface area (Å²) < 4.78 is 5.43. The number of hydrogen-bond donors (Lipinski definition) is 1. The number of carboxylic acids is 1. The van der Waals surface area contributed by atoms with Crippen LogP contribution in [0.5, 0.6) is 5.75 Å². The summed E-state index contributed by atoms with van der Waals surface area (Å²) in [5.41, 5.74) is -0.853. The molecule has 0 aromatic heterocycles. The van der Waals surface area contributed by atoms with Crippen LogP contribution in [-0.4, -0.2) is 22.1 Å². The van der Waals surface area contributed by atoms with Gasteiger partial charge in [0, 0.05) is 0 Å². The topological polar surface area (TPSA) is 89.7 Å². The van der Waals surface area contributed by atoms with Gasteiger partial charge in [-0.15, -0.1) is 0 Å². The minimum atomic E-state index is -1.34. The number of rotatable bonds is 6. The zero-order chi connectivity index (χ0) is 13.7. The first-order valence-corrected chi connectivity index (χ1v) is 5.64. The molecule has 0 bridgehead atoms. The Labute approximate surface area is 104 Å². The van der Waals surface area contributed by atoms with Crippen LogP contribution in [0.15, 0.2) is 18.2 Å². The summed E-state index contributed by atoms with van der Waals surface area (Å²) in [5.74, 6) is -1.34. The van der Waals surface area contributed by atoms with Gasteiger partial charge in [0.05, 0.1) is 11.0 Å². The highest BCUT2D eigenvalue weighted by Gasteiger charge is 2.26. The second kappa shape index (κ2) is 6.00. The van der Waals surface area contributed by atoms with E-state index in [2.05, 4.69) is 0 Å². The number of carbonyl (C=O) groups is 1. The lowest BCUT2D eigenvalue weighted by molar-refractivity contribution is -0.386. The molecule has 1 rings (SSSR count). The summed E-state index contributed by atoms with van der Waals surface area (Å²) in [6.07, 6.45) is 1.43. The first-order chi connectivity index (χ1) is 8.47. The van der Waals surface area contributed by atoms with Crippen LogP contribution in [0.3, 0.4) is 0 Å². The maximum atomic E-state index is 10.9. The molecule has 0 saturated heterocycles. The van der Waals surface area contributed by atoms with Crippen LogP contribution in [0.4, 0.5) is 5.69 Å². The van der Waals surface area contributed by atoms with Crippen LogP contribution < -0.4 is 4.74 Å². The monoisotopic (exact) mass is 253 g/mol. The maximum Gasteiger partial charge on any atom is 0.342 e. The molecule has 18 heavy (non-hydrogen) atoms. The Hall–Kier alpha value is -2.11.